The molecule has 0 radical (unpaired) electrons. The number of aromatic carboxylic acids is 1. The Morgan fingerprint density at radius 3 is 2.54 bits per heavy atom. The van der Waals surface area contributed by atoms with E-state index in [1.54, 1.807) is 55.5 Å². The number of methoxy groups -OCH3 is 1. The summed E-state index contributed by atoms with van der Waals surface area (Å²) >= 11 is 0. The molecule has 0 saturated carbocycles. The molecule has 3 rings (SSSR count). The number of carboxylic acids is 1. The third kappa shape index (κ3) is 4.42. The lowest BCUT2D eigenvalue weighted by Crippen LogP contribution is -2.06. The van der Waals surface area contributed by atoms with Crippen molar-refractivity contribution in [1.82, 2.24) is 9.97 Å². The molecule has 0 unspecified atom stereocenters. The van der Waals surface area contributed by atoms with Crippen LogP contribution in [-0.4, -0.2) is 34.1 Å². The monoisotopic (exact) mass is 378 g/mol. The highest BCUT2D eigenvalue weighted by Gasteiger charge is 2.11. The van der Waals surface area contributed by atoms with E-state index in [4.69, 9.17) is 4.74 Å². The van der Waals surface area contributed by atoms with Gasteiger partial charge in [-0.1, -0.05) is 18.2 Å². The number of carboxylic acid groups (broad SMARTS) is 1. The Balaban J connectivity index is 1.87. The molecule has 1 heterocycles. The number of carbonyl (C=O) groups excluding carboxylic acids is 1. The molecule has 0 aliphatic rings. The first kappa shape index (κ1) is 18.8. The molecule has 1 aromatic heterocycles. The van der Waals surface area contributed by atoms with Gasteiger partial charge in [0, 0.05) is 17.4 Å². The smallest absolute Gasteiger partial charge is 0.337 e. The van der Waals surface area contributed by atoms with Crippen LogP contribution in [0.25, 0.3) is 0 Å². The van der Waals surface area contributed by atoms with Gasteiger partial charge < -0.3 is 20.5 Å². The number of aryl methyl sites for hydroxylation is 1. The summed E-state index contributed by atoms with van der Waals surface area (Å²) in [4.78, 5) is 31.8. The van der Waals surface area contributed by atoms with Gasteiger partial charge >= 0.3 is 11.9 Å². The molecule has 0 aliphatic heterocycles. The van der Waals surface area contributed by atoms with Crippen LogP contribution < -0.4 is 10.6 Å². The van der Waals surface area contributed by atoms with Crippen molar-refractivity contribution in [3.8, 4) is 0 Å². The highest BCUT2D eigenvalue weighted by Crippen LogP contribution is 2.22. The maximum absolute atomic E-state index is 11.7. The van der Waals surface area contributed by atoms with E-state index in [1.165, 1.54) is 13.2 Å². The molecule has 0 fully saturated rings. The first-order valence-corrected chi connectivity index (χ1v) is 8.36. The number of anilines is 4. The van der Waals surface area contributed by atoms with E-state index in [-0.39, 0.29) is 5.56 Å². The third-order valence-corrected chi connectivity index (χ3v) is 3.81. The molecule has 0 bridgehead atoms. The largest absolute Gasteiger partial charge is 0.478 e. The number of aromatic nitrogens is 2. The molecule has 3 aromatic rings. The fourth-order valence-electron chi connectivity index (χ4n) is 2.58. The number of nitrogens with one attached hydrogen (secondary N) is 2. The van der Waals surface area contributed by atoms with Gasteiger partial charge in [0.2, 0.25) is 5.95 Å². The van der Waals surface area contributed by atoms with Gasteiger partial charge in [0.15, 0.2) is 0 Å². The van der Waals surface area contributed by atoms with Crippen LogP contribution in [0.5, 0.6) is 0 Å². The minimum atomic E-state index is -1.04. The van der Waals surface area contributed by atoms with Gasteiger partial charge in [-0.15, -0.1) is 0 Å². The van der Waals surface area contributed by atoms with Crippen LogP contribution in [0.3, 0.4) is 0 Å². The Kier molecular flexibility index (Phi) is 5.50. The summed E-state index contributed by atoms with van der Waals surface area (Å²) in [5.74, 6) is -0.738. The molecule has 2 aromatic carbocycles. The van der Waals surface area contributed by atoms with Gasteiger partial charge in [-0.05, 0) is 37.3 Å². The molecule has 8 heteroatoms. The second kappa shape index (κ2) is 8.17. The van der Waals surface area contributed by atoms with Crippen LogP contribution in [0.2, 0.25) is 0 Å². The zero-order valence-electron chi connectivity index (χ0n) is 15.3. The predicted octanol–water partition coefficient (Wildman–Crippen LogP) is 3.76. The normalized spacial score (nSPS) is 10.2. The highest BCUT2D eigenvalue weighted by atomic mass is 16.5. The first-order valence-electron chi connectivity index (χ1n) is 8.36. The topological polar surface area (TPSA) is 113 Å². The second-order valence-corrected chi connectivity index (χ2v) is 5.89. The van der Waals surface area contributed by atoms with Crippen molar-refractivity contribution in [2.75, 3.05) is 17.7 Å². The summed E-state index contributed by atoms with van der Waals surface area (Å²) < 4.78 is 4.72. The highest BCUT2D eigenvalue weighted by molar-refractivity contribution is 5.95. The molecule has 0 aliphatic carbocycles. The number of hydrogen-bond acceptors (Lipinski definition) is 7. The predicted molar refractivity (Wildman–Crippen MR) is 105 cm³/mol. The number of ether oxygens (including phenoxy) is 1. The molecule has 0 saturated heterocycles. The van der Waals surface area contributed by atoms with Crippen molar-refractivity contribution in [3.63, 3.8) is 0 Å². The van der Waals surface area contributed by atoms with Gasteiger partial charge in [0.25, 0.3) is 0 Å². The fourth-order valence-corrected chi connectivity index (χ4v) is 2.58. The Morgan fingerprint density at radius 2 is 1.79 bits per heavy atom. The van der Waals surface area contributed by atoms with E-state index in [0.717, 1.165) is 0 Å². The van der Waals surface area contributed by atoms with Crippen molar-refractivity contribution < 1.29 is 19.4 Å². The number of esters is 1. The summed E-state index contributed by atoms with van der Waals surface area (Å²) in [6.45, 7) is 1.80. The van der Waals surface area contributed by atoms with Crippen LogP contribution >= 0.6 is 0 Å². The quantitative estimate of drug-likeness (QED) is 0.556. The van der Waals surface area contributed by atoms with Gasteiger partial charge in [-0.2, -0.15) is 4.98 Å². The van der Waals surface area contributed by atoms with Crippen LogP contribution in [0.4, 0.5) is 23.1 Å². The van der Waals surface area contributed by atoms with Crippen molar-refractivity contribution in [2.24, 2.45) is 0 Å². The van der Waals surface area contributed by atoms with Crippen molar-refractivity contribution in [1.29, 1.82) is 0 Å². The average molecular weight is 378 g/mol. The number of carbonyl (C=O) groups is 2. The summed E-state index contributed by atoms with van der Waals surface area (Å²) in [6.07, 6.45) is 0. The second-order valence-electron chi connectivity index (χ2n) is 5.89. The molecule has 8 nitrogen and oxygen atoms in total. The van der Waals surface area contributed by atoms with Crippen LogP contribution in [0, 0.1) is 6.92 Å². The van der Waals surface area contributed by atoms with E-state index in [0.29, 0.717) is 34.4 Å². The third-order valence-electron chi connectivity index (χ3n) is 3.81. The minimum Gasteiger partial charge on any atom is -0.478 e. The molecule has 28 heavy (non-hydrogen) atoms. The van der Waals surface area contributed by atoms with E-state index in [9.17, 15) is 14.7 Å². The number of hydrogen-bond donors (Lipinski definition) is 3. The molecular weight excluding hydrogens is 360 g/mol. The Labute approximate surface area is 161 Å². The molecular formula is C20H18N4O4. The van der Waals surface area contributed by atoms with Gasteiger partial charge in [0.1, 0.15) is 5.82 Å². The first-order chi connectivity index (χ1) is 13.5. The number of benzene rings is 2. The van der Waals surface area contributed by atoms with Crippen molar-refractivity contribution in [3.05, 3.63) is 71.4 Å². The SMILES string of the molecule is COC(=O)c1cccc(Nc2nc(C)cc(Nc3ccccc3C(=O)O)n2)c1. The number of para-hydroxylation sites is 1. The summed E-state index contributed by atoms with van der Waals surface area (Å²) in [5, 5.41) is 15.4. The van der Waals surface area contributed by atoms with E-state index >= 15 is 0 Å². The molecule has 3 N–H and O–H groups in total. The molecule has 142 valence electrons. The van der Waals surface area contributed by atoms with Crippen LogP contribution in [0.15, 0.2) is 54.6 Å². The lowest BCUT2D eigenvalue weighted by molar-refractivity contribution is 0.0600. The van der Waals surface area contributed by atoms with Gasteiger partial charge in [-0.25, -0.2) is 14.6 Å². The summed E-state index contributed by atoms with van der Waals surface area (Å²) in [6, 6.07) is 15.0. The van der Waals surface area contributed by atoms with Gasteiger partial charge in [0.05, 0.1) is 23.9 Å². The zero-order chi connectivity index (χ0) is 20.1. The minimum absolute atomic E-state index is 0.138. The van der Waals surface area contributed by atoms with Crippen molar-refractivity contribution >= 4 is 35.1 Å². The fraction of sp³-hybridized carbons (Fsp3) is 0.100. The average Bonchev–Trinajstić information content (AvgIpc) is 2.67. The molecule has 0 amide bonds. The standard InChI is InChI=1S/C20H18N4O4/c1-12-10-17(23-16-9-4-3-8-15(16)18(25)26)24-20(21-12)22-14-7-5-6-13(11-14)19(27)28-2/h3-11H,1-2H3,(H,25,26)(H2,21,22,23,24). The Bertz CT molecular complexity index is 1040. The lowest BCUT2D eigenvalue weighted by atomic mass is 10.2. The van der Waals surface area contributed by atoms with Crippen LogP contribution in [-0.2, 0) is 4.74 Å². The van der Waals surface area contributed by atoms with Gasteiger partial charge in [-0.3, -0.25) is 0 Å². The number of rotatable bonds is 6. The van der Waals surface area contributed by atoms with E-state index in [2.05, 4.69) is 20.6 Å². The maximum Gasteiger partial charge on any atom is 0.337 e. The number of nitrogens with zero attached hydrogens (tertiary/aromatic N) is 2. The summed E-state index contributed by atoms with van der Waals surface area (Å²) in [7, 11) is 1.32. The van der Waals surface area contributed by atoms with Crippen molar-refractivity contribution in [2.45, 2.75) is 6.92 Å². The summed E-state index contributed by atoms with van der Waals surface area (Å²) in [5.41, 5.74) is 2.25. The molecule has 0 spiro atoms. The van der Waals surface area contributed by atoms with E-state index in [1.807, 2.05) is 0 Å². The zero-order valence-corrected chi connectivity index (χ0v) is 15.3. The molecule has 0 atom stereocenters. The van der Waals surface area contributed by atoms with Crippen LogP contribution in [0.1, 0.15) is 26.4 Å². The van der Waals surface area contributed by atoms with E-state index < -0.39 is 11.9 Å². The Hall–Kier alpha value is -3.94. The lowest BCUT2D eigenvalue weighted by Gasteiger charge is -2.12. The Morgan fingerprint density at radius 1 is 1.00 bits per heavy atom. The maximum atomic E-state index is 11.7.